The van der Waals surface area contributed by atoms with E-state index >= 15 is 0 Å². The molecule has 0 spiro atoms. The molecule has 0 fully saturated rings. The highest BCUT2D eigenvalue weighted by Gasteiger charge is 2.26. The fourth-order valence-corrected chi connectivity index (χ4v) is 3.59. The molecule has 4 N–H and O–H groups in total. The van der Waals surface area contributed by atoms with Crippen molar-refractivity contribution in [3.63, 3.8) is 0 Å². The lowest BCUT2D eigenvalue weighted by molar-refractivity contribution is -0.144. The lowest BCUT2D eigenvalue weighted by Crippen LogP contribution is -2.56. The maximum atomic E-state index is 13.0. The van der Waals surface area contributed by atoms with E-state index in [1.807, 2.05) is 78.9 Å². The van der Waals surface area contributed by atoms with Gasteiger partial charge in [0.05, 0.1) is 18.7 Å². The second-order valence-electron chi connectivity index (χ2n) is 8.99. The first-order valence-corrected chi connectivity index (χ1v) is 11.5. The molecule has 6 heteroatoms. The summed E-state index contributed by atoms with van der Waals surface area (Å²) in [6, 6.07) is 25.5. The summed E-state index contributed by atoms with van der Waals surface area (Å²) >= 11 is 0. The topological polar surface area (TPSA) is 95.7 Å². The van der Waals surface area contributed by atoms with Crippen LogP contribution in [0.2, 0.25) is 0 Å². The Balaban J connectivity index is 1.71. The lowest BCUT2D eigenvalue weighted by atomic mass is 9.99. The summed E-state index contributed by atoms with van der Waals surface area (Å²) in [6.07, 6.45) is 1.77. The van der Waals surface area contributed by atoms with Gasteiger partial charge in [-0.1, -0.05) is 78.9 Å². The number of aliphatic hydroxyl groups excluding tert-OH is 1. The number of aryl methyl sites for hydroxylation is 1. The van der Waals surface area contributed by atoms with Crippen LogP contribution < -0.4 is 11.2 Å². The molecule has 2 amide bonds. The Labute approximate surface area is 201 Å². The van der Waals surface area contributed by atoms with Gasteiger partial charge in [-0.3, -0.25) is 15.0 Å². The van der Waals surface area contributed by atoms with Crippen LogP contribution in [0, 0.1) is 0 Å². The Kier molecular flexibility index (Phi) is 8.57. The van der Waals surface area contributed by atoms with Crippen molar-refractivity contribution in [3.8, 4) is 11.1 Å². The first kappa shape index (κ1) is 25.1. The van der Waals surface area contributed by atoms with E-state index in [-0.39, 0.29) is 19.1 Å². The molecule has 178 valence electrons. The van der Waals surface area contributed by atoms with E-state index in [4.69, 9.17) is 5.73 Å². The predicted molar refractivity (Wildman–Crippen MR) is 134 cm³/mol. The molecule has 0 aliphatic carbocycles. The van der Waals surface area contributed by atoms with Crippen LogP contribution in [0.15, 0.2) is 78.9 Å². The van der Waals surface area contributed by atoms with E-state index in [0.717, 1.165) is 28.7 Å². The van der Waals surface area contributed by atoms with Crippen molar-refractivity contribution in [3.05, 3.63) is 95.6 Å². The number of amides is 2. The van der Waals surface area contributed by atoms with Crippen molar-refractivity contribution in [1.82, 2.24) is 10.4 Å². The van der Waals surface area contributed by atoms with Crippen molar-refractivity contribution in [2.24, 2.45) is 5.73 Å². The third kappa shape index (κ3) is 7.01. The van der Waals surface area contributed by atoms with Crippen LogP contribution >= 0.6 is 0 Å². The number of hydrazine groups is 1. The van der Waals surface area contributed by atoms with Gasteiger partial charge in [0.25, 0.3) is 5.91 Å². The minimum Gasteiger partial charge on any atom is -0.392 e. The number of nitrogens with two attached hydrogens (primary N) is 1. The van der Waals surface area contributed by atoms with E-state index in [1.54, 1.807) is 13.8 Å². The van der Waals surface area contributed by atoms with Gasteiger partial charge in [-0.05, 0) is 54.5 Å². The molecule has 0 saturated heterocycles. The average molecular weight is 460 g/mol. The van der Waals surface area contributed by atoms with E-state index in [1.165, 1.54) is 10.6 Å². The third-order valence-electron chi connectivity index (χ3n) is 5.62. The molecule has 0 radical (unpaired) electrons. The predicted octanol–water partition coefficient (Wildman–Crippen LogP) is 3.97. The monoisotopic (exact) mass is 459 g/mol. The molecule has 3 aromatic carbocycles. The Morgan fingerprint density at radius 1 is 0.912 bits per heavy atom. The number of nitrogens with zero attached hydrogens (tertiary/aromatic N) is 1. The van der Waals surface area contributed by atoms with Gasteiger partial charge in [0, 0.05) is 6.42 Å². The molecular formula is C28H33N3O3. The van der Waals surface area contributed by atoms with Crippen molar-refractivity contribution in [2.75, 3.05) is 0 Å². The maximum Gasteiger partial charge on any atom is 0.258 e. The number of carbonyl (C=O) groups is 2. The van der Waals surface area contributed by atoms with Crippen LogP contribution in [-0.4, -0.2) is 27.5 Å². The minimum atomic E-state index is -1.11. The Morgan fingerprint density at radius 2 is 1.56 bits per heavy atom. The quantitative estimate of drug-likeness (QED) is 0.422. The fraction of sp³-hybridized carbons (Fsp3) is 0.286. The second-order valence-corrected chi connectivity index (χ2v) is 8.99. The zero-order chi connectivity index (χ0) is 24.6. The summed E-state index contributed by atoms with van der Waals surface area (Å²) in [6.45, 7) is 3.40. The average Bonchev–Trinajstić information content (AvgIpc) is 2.84. The fourth-order valence-electron chi connectivity index (χ4n) is 3.59. The summed E-state index contributed by atoms with van der Waals surface area (Å²) in [4.78, 5) is 25.5. The van der Waals surface area contributed by atoms with Gasteiger partial charge in [-0.15, -0.1) is 0 Å². The summed E-state index contributed by atoms with van der Waals surface area (Å²) in [5, 5.41) is 11.0. The molecule has 3 rings (SSSR count). The number of rotatable bonds is 9. The molecule has 0 aliphatic heterocycles. The summed E-state index contributed by atoms with van der Waals surface area (Å²) < 4.78 is 0. The first-order valence-electron chi connectivity index (χ1n) is 11.5. The SMILES string of the molecule is CC(C)(N)C(=O)NN(Cc1ccc(-c2ccccc2CO)cc1)C(=O)CCCc1ccccc1. The molecule has 0 bridgehead atoms. The molecule has 0 aromatic heterocycles. The maximum absolute atomic E-state index is 13.0. The van der Waals surface area contributed by atoms with Crippen molar-refractivity contribution in [1.29, 1.82) is 0 Å². The van der Waals surface area contributed by atoms with Crippen molar-refractivity contribution in [2.45, 2.75) is 51.8 Å². The van der Waals surface area contributed by atoms with Gasteiger partial charge in [-0.25, -0.2) is 5.01 Å². The molecule has 0 aliphatic rings. The largest absolute Gasteiger partial charge is 0.392 e. The zero-order valence-corrected chi connectivity index (χ0v) is 19.8. The third-order valence-corrected chi connectivity index (χ3v) is 5.62. The van der Waals surface area contributed by atoms with Crippen LogP contribution in [0.5, 0.6) is 0 Å². The Morgan fingerprint density at radius 3 is 2.21 bits per heavy atom. The number of carbonyl (C=O) groups excluding carboxylic acids is 2. The highest BCUT2D eigenvalue weighted by Crippen LogP contribution is 2.24. The van der Waals surface area contributed by atoms with Gasteiger partial charge >= 0.3 is 0 Å². The van der Waals surface area contributed by atoms with Gasteiger partial charge in [0.15, 0.2) is 0 Å². The molecule has 3 aromatic rings. The number of nitrogens with one attached hydrogen (secondary N) is 1. The van der Waals surface area contributed by atoms with Crippen LogP contribution in [0.3, 0.4) is 0 Å². The standard InChI is InChI=1S/C28H33N3O3/c1-28(2,29)27(34)30-31(26(33)14-8-11-21-9-4-3-5-10-21)19-22-15-17-23(18-16-22)25-13-7-6-12-24(25)20-32/h3-7,9-10,12-13,15-18,32H,8,11,14,19-20,29H2,1-2H3,(H,30,34). The van der Waals surface area contributed by atoms with Crippen LogP contribution in [-0.2, 0) is 29.2 Å². The lowest BCUT2D eigenvalue weighted by Gasteiger charge is -2.27. The molecule has 0 heterocycles. The van der Waals surface area contributed by atoms with Crippen LogP contribution in [0.1, 0.15) is 43.4 Å². The normalized spacial score (nSPS) is 11.2. The minimum absolute atomic E-state index is 0.0376. The van der Waals surface area contributed by atoms with Crippen molar-refractivity contribution >= 4 is 11.8 Å². The van der Waals surface area contributed by atoms with E-state index < -0.39 is 11.4 Å². The second kappa shape index (κ2) is 11.6. The summed E-state index contributed by atoms with van der Waals surface area (Å²) in [5.74, 6) is -0.583. The molecule has 0 atom stereocenters. The highest BCUT2D eigenvalue weighted by molar-refractivity contribution is 5.87. The zero-order valence-electron chi connectivity index (χ0n) is 19.8. The first-order chi connectivity index (χ1) is 16.3. The van der Waals surface area contributed by atoms with E-state index in [2.05, 4.69) is 5.43 Å². The van der Waals surface area contributed by atoms with E-state index in [0.29, 0.717) is 12.8 Å². The van der Waals surface area contributed by atoms with Crippen LogP contribution in [0.4, 0.5) is 0 Å². The Bertz CT molecular complexity index is 1090. The molecule has 0 saturated carbocycles. The molecular weight excluding hydrogens is 426 g/mol. The van der Waals surface area contributed by atoms with Gasteiger partial charge in [-0.2, -0.15) is 0 Å². The number of hydrogen-bond acceptors (Lipinski definition) is 4. The summed E-state index contributed by atoms with van der Waals surface area (Å²) in [5.41, 5.74) is 12.4. The van der Waals surface area contributed by atoms with Gasteiger partial charge in [0.2, 0.25) is 5.91 Å². The highest BCUT2D eigenvalue weighted by atomic mass is 16.3. The Hall–Kier alpha value is -3.48. The summed E-state index contributed by atoms with van der Waals surface area (Å²) in [7, 11) is 0. The molecule has 0 unspecified atom stereocenters. The van der Waals surface area contributed by atoms with Gasteiger partial charge < -0.3 is 10.8 Å². The number of aliphatic hydroxyl groups is 1. The smallest absolute Gasteiger partial charge is 0.258 e. The number of hydrogen-bond donors (Lipinski definition) is 3. The van der Waals surface area contributed by atoms with Gasteiger partial charge in [0.1, 0.15) is 0 Å². The van der Waals surface area contributed by atoms with E-state index in [9.17, 15) is 14.7 Å². The van der Waals surface area contributed by atoms with Crippen LogP contribution in [0.25, 0.3) is 11.1 Å². The molecule has 6 nitrogen and oxygen atoms in total. The number of benzene rings is 3. The molecule has 34 heavy (non-hydrogen) atoms. The van der Waals surface area contributed by atoms with Crippen molar-refractivity contribution < 1.29 is 14.7 Å².